The molecule has 0 bridgehead atoms. The van der Waals surface area contributed by atoms with Gasteiger partial charge in [0.1, 0.15) is 0 Å². The molecule has 0 radical (unpaired) electrons. The van der Waals surface area contributed by atoms with Crippen molar-refractivity contribution < 1.29 is 5.11 Å². The molecule has 1 aromatic rings. The van der Waals surface area contributed by atoms with Crippen molar-refractivity contribution in [2.75, 3.05) is 13.1 Å². The van der Waals surface area contributed by atoms with E-state index in [0.717, 1.165) is 25.1 Å². The maximum atomic E-state index is 10.7. The highest BCUT2D eigenvalue weighted by atomic mass is 16.3. The van der Waals surface area contributed by atoms with Crippen molar-refractivity contribution in [1.29, 1.82) is 0 Å². The Hall–Kier alpha value is -0.930. The fourth-order valence-corrected chi connectivity index (χ4v) is 2.89. The van der Waals surface area contributed by atoms with E-state index in [-0.39, 0.29) is 5.54 Å². The number of aromatic nitrogens is 1. The van der Waals surface area contributed by atoms with Gasteiger partial charge in [-0.25, -0.2) is 0 Å². The van der Waals surface area contributed by atoms with Gasteiger partial charge in [-0.15, -0.1) is 0 Å². The lowest BCUT2D eigenvalue weighted by Gasteiger charge is -2.46. The smallest absolute Gasteiger partial charge is 0.0985 e. The lowest BCUT2D eigenvalue weighted by molar-refractivity contribution is -0.0353. The van der Waals surface area contributed by atoms with E-state index in [9.17, 15) is 5.11 Å². The van der Waals surface area contributed by atoms with E-state index in [1.807, 2.05) is 12.1 Å². The summed E-state index contributed by atoms with van der Waals surface area (Å²) in [6, 6.07) is 3.86. The van der Waals surface area contributed by atoms with Crippen molar-refractivity contribution in [2.24, 2.45) is 0 Å². The van der Waals surface area contributed by atoms with E-state index < -0.39 is 6.10 Å². The van der Waals surface area contributed by atoms with Gasteiger partial charge in [-0.2, -0.15) is 0 Å². The van der Waals surface area contributed by atoms with Gasteiger partial charge < -0.3 is 5.11 Å². The number of aliphatic hydroxyl groups excluding tert-OH is 1. The first-order chi connectivity index (χ1) is 8.68. The molecule has 2 atom stereocenters. The third-order valence-electron chi connectivity index (χ3n) is 4.38. The number of rotatable bonds is 4. The summed E-state index contributed by atoms with van der Waals surface area (Å²) in [5, 5.41) is 10.7. The number of hydrogen-bond donors (Lipinski definition) is 1. The van der Waals surface area contributed by atoms with E-state index in [2.05, 4.69) is 23.7 Å². The summed E-state index contributed by atoms with van der Waals surface area (Å²) in [7, 11) is 0. The Labute approximate surface area is 110 Å². The molecule has 1 aliphatic rings. The van der Waals surface area contributed by atoms with Gasteiger partial charge in [0.15, 0.2) is 0 Å². The summed E-state index contributed by atoms with van der Waals surface area (Å²) in [5.74, 6) is 0. The highest BCUT2D eigenvalue weighted by molar-refractivity contribution is 5.17. The first-order valence-corrected chi connectivity index (χ1v) is 7.01. The molecule has 1 aromatic heterocycles. The minimum absolute atomic E-state index is 0.177. The lowest BCUT2D eigenvalue weighted by Crippen LogP contribution is -2.52. The SMILES string of the molecule is CCC(C)(C(O)c1cccnc1)N1CCCCC1. The first kappa shape index (κ1) is 13.5. The van der Waals surface area contributed by atoms with Gasteiger partial charge >= 0.3 is 0 Å². The Morgan fingerprint density at radius 2 is 2.11 bits per heavy atom. The fourth-order valence-electron chi connectivity index (χ4n) is 2.89. The standard InChI is InChI=1S/C15H24N2O/c1-3-15(2,17-10-5-4-6-11-17)14(18)13-8-7-9-16-12-13/h7-9,12,14,18H,3-6,10-11H2,1-2H3. The molecular formula is C15H24N2O. The molecule has 0 saturated carbocycles. The van der Waals surface area contributed by atoms with Gasteiger partial charge in [-0.1, -0.05) is 19.4 Å². The van der Waals surface area contributed by atoms with Crippen LogP contribution in [0.3, 0.4) is 0 Å². The summed E-state index contributed by atoms with van der Waals surface area (Å²) in [5.41, 5.74) is 0.746. The highest BCUT2D eigenvalue weighted by Crippen LogP contribution is 2.35. The van der Waals surface area contributed by atoms with E-state index in [0.29, 0.717) is 0 Å². The number of pyridine rings is 1. The molecule has 1 N–H and O–H groups in total. The lowest BCUT2D eigenvalue weighted by atomic mass is 9.84. The van der Waals surface area contributed by atoms with Crippen LogP contribution in [0.1, 0.15) is 51.2 Å². The van der Waals surface area contributed by atoms with E-state index in [4.69, 9.17) is 0 Å². The second-order valence-corrected chi connectivity index (χ2v) is 5.45. The van der Waals surface area contributed by atoms with Crippen LogP contribution in [0.2, 0.25) is 0 Å². The zero-order valence-electron chi connectivity index (χ0n) is 11.5. The second-order valence-electron chi connectivity index (χ2n) is 5.45. The predicted molar refractivity (Wildman–Crippen MR) is 73.3 cm³/mol. The number of likely N-dealkylation sites (tertiary alicyclic amines) is 1. The maximum Gasteiger partial charge on any atom is 0.0985 e. The van der Waals surface area contributed by atoms with Crippen molar-refractivity contribution >= 4 is 0 Å². The quantitative estimate of drug-likeness (QED) is 0.890. The van der Waals surface area contributed by atoms with Gasteiger partial charge in [0.2, 0.25) is 0 Å². The largest absolute Gasteiger partial charge is 0.386 e. The van der Waals surface area contributed by atoms with Crippen molar-refractivity contribution in [2.45, 2.75) is 51.2 Å². The highest BCUT2D eigenvalue weighted by Gasteiger charge is 2.38. The topological polar surface area (TPSA) is 36.4 Å². The summed E-state index contributed by atoms with van der Waals surface area (Å²) < 4.78 is 0. The molecule has 2 rings (SSSR count). The van der Waals surface area contributed by atoms with Crippen LogP contribution in [-0.2, 0) is 0 Å². The molecule has 0 amide bonds. The van der Waals surface area contributed by atoms with E-state index in [1.165, 1.54) is 19.3 Å². The van der Waals surface area contributed by atoms with Crippen LogP contribution in [0.4, 0.5) is 0 Å². The Balaban J connectivity index is 2.20. The zero-order valence-corrected chi connectivity index (χ0v) is 11.5. The number of aliphatic hydroxyl groups is 1. The minimum atomic E-state index is -0.464. The molecule has 2 heterocycles. The monoisotopic (exact) mass is 248 g/mol. The molecule has 0 spiro atoms. The average Bonchev–Trinajstić information content (AvgIpc) is 2.47. The van der Waals surface area contributed by atoms with Crippen molar-refractivity contribution in [1.82, 2.24) is 9.88 Å². The summed E-state index contributed by atoms with van der Waals surface area (Å²) in [4.78, 5) is 6.57. The van der Waals surface area contributed by atoms with Crippen LogP contribution >= 0.6 is 0 Å². The van der Waals surface area contributed by atoms with Gasteiger partial charge in [-0.05, 0) is 45.3 Å². The van der Waals surface area contributed by atoms with Crippen LogP contribution in [0, 0.1) is 0 Å². The fraction of sp³-hybridized carbons (Fsp3) is 0.667. The van der Waals surface area contributed by atoms with Crippen LogP contribution in [0.5, 0.6) is 0 Å². The van der Waals surface area contributed by atoms with Crippen LogP contribution < -0.4 is 0 Å². The maximum absolute atomic E-state index is 10.7. The molecule has 1 fully saturated rings. The Bertz CT molecular complexity index is 362. The summed E-state index contributed by atoms with van der Waals surface area (Å²) in [6.45, 7) is 6.54. The van der Waals surface area contributed by atoms with Crippen molar-refractivity contribution in [3.63, 3.8) is 0 Å². The number of hydrogen-bond acceptors (Lipinski definition) is 3. The molecule has 0 aromatic carbocycles. The average molecular weight is 248 g/mol. The first-order valence-electron chi connectivity index (χ1n) is 7.01. The molecule has 2 unspecified atom stereocenters. The van der Waals surface area contributed by atoms with Crippen molar-refractivity contribution in [3.05, 3.63) is 30.1 Å². The van der Waals surface area contributed by atoms with Crippen LogP contribution in [0.25, 0.3) is 0 Å². The molecular weight excluding hydrogens is 224 g/mol. The molecule has 3 nitrogen and oxygen atoms in total. The molecule has 3 heteroatoms. The van der Waals surface area contributed by atoms with Gasteiger partial charge in [0.25, 0.3) is 0 Å². The molecule has 1 saturated heterocycles. The summed E-state index contributed by atoms with van der Waals surface area (Å²) in [6.07, 6.45) is 7.82. The van der Waals surface area contributed by atoms with Gasteiger partial charge in [-0.3, -0.25) is 9.88 Å². The predicted octanol–water partition coefficient (Wildman–Crippen LogP) is 2.77. The molecule has 100 valence electrons. The van der Waals surface area contributed by atoms with Gasteiger partial charge in [0.05, 0.1) is 6.10 Å². The van der Waals surface area contributed by atoms with Crippen LogP contribution in [-0.4, -0.2) is 33.6 Å². The number of nitrogens with zero attached hydrogens (tertiary/aromatic N) is 2. The number of piperidine rings is 1. The van der Waals surface area contributed by atoms with E-state index >= 15 is 0 Å². The Morgan fingerprint density at radius 1 is 1.39 bits per heavy atom. The normalized spacial score (nSPS) is 22.4. The molecule has 0 aliphatic carbocycles. The van der Waals surface area contributed by atoms with E-state index in [1.54, 1.807) is 12.4 Å². The Kier molecular flexibility index (Phi) is 4.36. The van der Waals surface area contributed by atoms with Crippen LogP contribution in [0.15, 0.2) is 24.5 Å². The minimum Gasteiger partial charge on any atom is -0.386 e. The van der Waals surface area contributed by atoms with Crippen molar-refractivity contribution in [3.8, 4) is 0 Å². The molecule has 1 aliphatic heterocycles. The second kappa shape index (κ2) is 5.81. The van der Waals surface area contributed by atoms with Gasteiger partial charge in [0, 0.05) is 23.5 Å². The molecule has 18 heavy (non-hydrogen) atoms. The third kappa shape index (κ3) is 2.57. The Morgan fingerprint density at radius 3 is 2.67 bits per heavy atom. The summed E-state index contributed by atoms with van der Waals surface area (Å²) >= 11 is 0. The zero-order chi connectivity index (χ0) is 13.0. The third-order valence-corrected chi connectivity index (χ3v) is 4.38.